The Balaban J connectivity index is 1.94. The first-order chi connectivity index (χ1) is 14.1. The summed E-state index contributed by atoms with van der Waals surface area (Å²) in [6.45, 7) is 8.47. The van der Waals surface area contributed by atoms with Crippen LogP contribution >= 0.6 is 0 Å². The number of methoxy groups -OCH3 is 2. The van der Waals surface area contributed by atoms with Crippen LogP contribution in [0, 0.1) is 16.7 Å². The number of allylic oxidation sites excluding steroid dienone is 1. The first kappa shape index (κ1) is 22.4. The van der Waals surface area contributed by atoms with Crippen LogP contribution in [0.2, 0.25) is 0 Å². The van der Waals surface area contributed by atoms with E-state index in [1.807, 2.05) is 18.2 Å². The average Bonchev–Trinajstić information content (AvgIpc) is 3.02. The Morgan fingerprint density at radius 1 is 1.20 bits per heavy atom. The second kappa shape index (κ2) is 8.43. The van der Waals surface area contributed by atoms with E-state index in [0.717, 1.165) is 30.4 Å². The summed E-state index contributed by atoms with van der Waals surface area (Å²) >= 11 is 0. The van der Waals surface area contributed by atoms with Crippen LogP contribution in [0.25, 0.3) is 0 Å². The van der Waals surface area contributed by atoms with Crippen LogP contribution < -0.4 is 9.47 Å². The van der Waals surface area contributed by atoms with Crippen LogP contribution in [0.3, 0.4) is 0 Å². The molecule has 1 aromatic rings. The molecule has 2 aliphatic carbocycles. The van der Waals surface area contributed by atoms with Crippen molar-refractivity contribution in [3.63, 3.8) is 0 Å². The molecule has 1 saturated carbocycles. The Morgan fingerprint density at radius 2 is 1.90 bits per heavy atom. The molecule has 162 valence electrons. The molecule has 1 fully saturated rings. The highest BCUT2D eigenvalue weighted by Gasteiger charge is 2.49. The van der Waals surface area contributed by atoms with E-state index in [0.29, 0.717) is 24.3 Å². The molecule has 3 atom stereocenters. The van der Waals surface area contributed by atoms with Crippen molar-refractivity contribution in [2.45, 2.75) is 77.4 Å². The van der Waals surface area contributed by atoms with Crippen molar-refractivity contribution >= 4 is 5.78 Å². The van der Waals surface area contributed by atoms with Gasteiger partial charge in [0.05, 0.1) is 37.9 Å². The van der Waals surface area contributed by atoms with E-state index in [-0.39, 0.29) is 22.9 Å². The van der Waals surface area contributed by atoms with Crippen molar-refractivity contribution in [2.24, 2.45) is 5.41 Å². The minimum Gasteiger partial charge on any atom is -0.493 e. The van der Waals surface area contributed by atoms with E-state index in [9.17, 15) is 10.1 Å². The van der Waals surface area contributed by atoms with Crippen molar-refractivity contribution in [1.29, 1.82) is 5.26 Å². The Hall–Kier alpha value is -2.32. The third-order valence-corrected chi connectivity index (χ3v) is 6.50. The lowest BCUT2D eigenvalue weighted by molar-refractivity contribution is -0.120. The standard InChI is InChI=1S/C25H33NO4/c1-24(2,3)30-23-10-8-19-18(20(27)11-12-25(19,23)4)13-17(15-26)16-7-9-21(28-5)22(14-16)29-6/h7,9,14,17,23H,8,10-13H2,1-6H3/t17?,23-,25-/m0/s1. The number of Topliss-reactive ketones (excluding diaryl/α,β-unsaturated/α-hetero) is 1. The van der Waals surface area contributed by atoms with Crippen molar-refractivity contribution in [1.82, 2.24) is 0 Å². The van der Waals surface area contributed by atoms with Crippen LogP contribution in [0.1, 0.15) is 71.3 Å². The van der Waals surface area contributed by atoms with Crippen LogP contribution in [-0.2, 0) is 9.53 Å². The van der Waals surface area contributed by atoms with Gasteiger partial charge in [0, 0.05) is 11.8 Å². The lowest BCUT2D eigenvalue weighted by Gasteiger charge is -2.40. The molecule has 3 rings (SSSR count). The van der Waals surface area contributed by atoms with Gasteiger partial charge in [-0.3, -0.25) is 4.79 Å². The first-order valence-electron chi connectivity index (χ1n) is 10.7. The molecule has 30 heavy (non-hydrogen) atoms. The van der Waals surface area contributed by atoms with Crippen LogP contribution in [0.4, 0.5) is 0 Å². The number of nitriles is 1. The summed E-state index contributed by atoms with van der Waals surface area (Å²) in [5.41, 5.74) is 2.52. The molecule has 5 nitrogen and oxygen atoms in total. The maximum atomic E-state index is 12.9. The molecular weight excluding hydrogens is 378 g/mol. The number of ether oxygens (including phenoxy) is 3. The molecule has 0 amide bonds. The molecule has 0 heterocycles. The third-order valence-electron chi connectivity index (χ3n) is 6.50. The predicted octanol–water partition coefficient (Wildman–Crippen LogP) is 5.34. The average molecular weight is 412 g/mol. The van der Waals surface area contributed by atoms with E-state index in [1.54, 1.807) is 14.2 Å². The quantitative estimate of drug-likeness (QED) is 0.632. The monoisotopic (exact) mass is 411 g/mol. The second-order valence-corrected chi connectivity index (χ2v) is 9.56. The normalized spacial score (nSPS) is 25.0. The number of carbonyl (C=O) groups excluding carboxylic acids is 1. The zero-order valence-electron chi connectivity index (χ0n) is 19.0. The van der Waals surface area contributed by atoms with E-state index in [4.69, 9.17) is 14.2 Å². The summed E-state index contributed by atoms with van der Waals surface area (Å²) in [6, 6.07) is 7.93. The van der Waals surface area contributed by atoms with Gasteiger partial charge >= 0.3 is 0 Å². The van der Waals surface area contributed by atoms with Crippen molar-refractivity contribution in [2.75, 3.05) is 14.2 Å². The van der Waals surface area contributed by atoms with E-state index in [2.05, 4.69) is 33.8 Å². The van der Waals surface area contributed by atoms with Gasteiger partial charge in [-0.25, -0.2) is 0 Å². The number of hydrogen-bond acceptors (Lipinski definition) is 5. The summed E-state index contributed by atoms with van der Waals surface area (Å²) in [5.74, 6) is 0.979. The maximum Gasteiger partial charge on any atom is 0.161 e. The molecule has 0 radical (unpaired) electrons. The molecule has 1 unspecified atom stereocenters. The first-order valence-corrected chi connectivity index (χ1v) is 10.7. The van der Waals surface area contributed by atoms with Crippen molar-refractivity contribution in [3.8, 4) is 17.6 Å². The Morgan fingerprint density at radius 3 is 2.50 bits per heavy atom. The molecule has 2 aliphatic rings. The number of rotatable bonds is 6. The van der Waals surface area contributed by atoms with Gasteiger partial charge < -0.3 is 14.2 Å². The minimum absolute atomic E-state index is 0.109. The summed E-state index contributed by atoms with van der Waals surface area (Å²) in [4.78, 5) is 12.9. The highest BCUT2D eigenvalue weighted by molar-refractivity contribution is 5.97. The van der Waals surface area contributed by atoms with Gasteiger partial charge in [-0.15, -0.1) is 0 Å². The Bertz CT molecular complexity index is 889. The largest absolute Gasteiger partial charge is 0.493 e. The summed E-state index contributed by atoms with van der Waals surface area (Å²) in [7, 11) is 3.17. The molecule has 0 aliphatic heterocycles. The fourth-order valence-corrected chi connectivity index (χ4v) is 4.94. The molecule has 0 spiro atoms. The van der Waals surface area contributed by atoms with E-state index < -0.39 is 5.92 Å². The molecular formula is C25H33NO4. The summed E-state index contributed by atoms with van der Waals surface area (Å²) in [5, 5.41) is 9.92. The smallest absolute Gasteiger partial charge is 0.161 e. The molecule has 1 aromatic carbocycles. The zero-order valence-corrected chi connectivity index (χ0v) is 19.0. The fourth-order valence-electron chi connectivity index (χ4n) is 4.94. The highest BCUT2D eigenvalue weighted by Crippen LogP contribution is 2.54. The van der Waals surface area contributed by atoms with Crippen LogP contribution in [0.15, 0.2) is 29.3 Å². The van der Waals surface area contributed by atoms with E-state index in [1.165, 1.54) is 5.57 Å². The zero-order chi connectivity index (χ0) is 22.1. The SMILES string of the molecule is COc1ccc(C(C#N)CC2=C3CC[C@H](OC(C)(C)C)[C@@]3(C)CCC2=O)cc1OC. The van der Waals surface area contributed by atoms with Gasteiger partial charge in [-0.1, -0.05) is 18.6 Å². The van der Waals surface area contributed by atoms with Gasteiger partial charge in [0.15, 0.2) is 17.3 Å². The number of benzene rings is 1. The highest BCUT2D eigenvalue weighted by atomic mass is 16.5. The lowest BCUT2D eigenvalue weighted by atomic mass is 9.69. The van der Waals surface area contributed by atoms with E-state index >= 15 is 0 Å². The fraction of sp³-hybridized carbons (Fsp3) is 0.600. The number of ketones is 1. The van der Waals surface area contributed by atoms with Gasteiger partial charge in [0.2, 0.25) is 0 Å². The predicted molar refractivity (Wildman–Crippen MR) is 116 cm³/mol. The van der Waals surface area contributed by atoms with Crippen molar-refractivity contribution in [3.05, 3.63) is 34.9 Å². The minimum atomic E-state index is -0.416. The summed E-state index contributed by atoms with van der Waals surface area (Å²) in [6.07, 6.45) is 3.66. The number of hydrogen-bond donors (Lipinski definition) is 0. The van der Waals surface area contributed by atoms with Crippen LogP contribution in [-0.4, -0.2) is 31.7 Å². The Labute approximate surface area is 180 Å². The lowest BCUT2D eigenvalue weighted by Crippen LogP contribution is -2.39. The number of carbonyl (C=O) groups is 1. The van der Waals surface area contributed by atoms with Gasteiger partial charge in [-0.05, 0) is 69.7 Å². The Kier molecular flexibility index (Phi) is 6.29. The number of nitrogens with zero attached hydrogens (tertiary/aromatic N) is 1. The number of fused-ring (bicyclic) bond motifs is 1. The third kappa shape index (κ3) is 4.25. The molecule has 5 heteroatoms. The topological polar surface area (TPSA) is 68.5 Å². The molecule has 0 aromatic heterocycles. The maximum absolute atomic E-state index is 12.9. The molecule has 0 saturated heterocycles. The molecule has 0 N–H and O–H groups in total. The second-order valence-electron chi connectivity index (χ2n) is 9.56. The van der Waals surface area contributed by atoms with Crippen LogP contribution in [0.5, 0.6) is 11.5 Å². The van der Waals surface area contributed by atoms with Gasteiger partial charge in [0.25, 0.3) is 0 Å². The van der Waals surface area contributed by atoms with Gasteiger partial charge in [-0.2, -0.15) is 5.26 Å². The van der Waals surface area contributed by atoms with Gasteiger partial charge in [0.1, 0.15) is 0 Å². The molecule has 0 bridgehead atoms. The summed E-state index contributed by atoms with van der Waals surface area (Å²) < 4.78 is 17.1. The van der Waals surface area contributed by atoms with Crippen molar-refractivity contribution < 1.29 is 19.0 Å².